The van der Waals surface area contributed by atoms with Gasteiger partial charge >= 0.3 is 5.97 Å². The Bertz CT molecular complexity index is 486. The van der Waals surface area contributed by atoms with Crippen molar-refractivity contribution in [3.63, 3.8) is 0 Å². The van der Waals surface area contributed by atoms with Gasteiger partial charge in [0.15, 0.2) is 0 Å². The quantitative estimate of drug-likeness (QED) is 0.874. The van der Waals surface area contributed by atoms with Crippen molar-refractivity contribution in [2.75, 3.05) is 11.4 Å². The number of hydrogen-bond acceptors (Lipinski definition) is 2. The summed E-state index contributed by atoms with van der Waals surface area (Å²) in [6.07, 6.45) is 4.05. The van der Waals surface area contributed by atoms with Crippen molar-refractivity contribution in [3.05, 3.63) is 30.3 Å². The van der Waals surface area contributed by atoms with Crippen LogP contribution in [0, 0.1) is 11.8 Å². The highest BCUT2D eigenvalue weighted by Gasteiger charge is 2.39. The number of nitrogens with zero attached hydrogens (tertiary/aromatic N) is 1. The zero-order valence-electron chi connectivity index (χ0n) is 12.5. The molecule has 2 atom stereocenters. The van der Waals surface area contributed by atoms with Gasteiger partial charge < -0.3 is 10.0 Å². The molecule has 1 saturated carbocycles. The average molecular weight is 289 g/mol. The van der Waals surface area contributed by atoms with Gasteiger partial charge in [-0.05, 0) is 31.4 Å². The van der Waals surface area contributed by atoms with Gasteiger partial charge in [0.2, 0.25) is 5.91 Å². The first kappa shape index (κ1) is 15.5. The highest BCUT2D eigenvalue weighted by molar-refractivity contribution is 5.97. The van der Waals surface area contributed by atoms with Gasteiger partial charge in [0, 0.05) is 12.2 Å². The van der Waals surface area contributed by atoms with Gasteiger partial charge in [-0.3, -0.25) is 9.59 Å². The van der Waals surface area contributed by atoms with E-state index in [1.165, 1.54) is 0 Å². The maximum Gasteiger partial charge on any atom is 0.307 e. The molecule has 4 nitrogen and oxygen atoms in total. The zero-order valence-corrected chi connectivity index (χ0v) is 12.5. The van der Waals surface area contributed by atoms with Crippen LogP contribution in [-0.4, -0.2) is 23.5 Å². The molecule has 21 heavy (non-hydrogen) atoms. The predicted molar refractivity (Wildman–Crippen MR) is 82.2 cm³/mol. The van der Waals surface area contributed by atoms with Gasteiger partial charge in [0.05, 0.1) is 11.8 Å². The summed E-state index contributed by atoms with van der Waals surface area (Å²) in [5, 5.41) is 9.29. The molecule has 1 amide bonds. The summed E-state index contributed by atoms with van der Waals surface area (Å²) >= 11 is 0. The van der Waals surface area contributed by atoms with Crippen molar-refractivity contribution < 1.29 is 14.7 Å². The molecule has 0 unspecified atom stereocenters. The second-order valence-corrected chi connectivity index (χ2v) is 5.66. The number of anilines is 1. The number of carboxylic acids is 1. The van der Waals surface area contributed by atoms with E-state index >= 15 is 0 Å². The third kappa shape index (κ3) is 3.63. The molecular formula is C17H23NO3. The van der Waals surface area contributed by atoms with Crippen LogP contribution in [0.4, 0.5) is 5.69 Å². The van der Waals surface area contributed by atoms with Gasteiger partial charge in [-0.15, -0.1) is 0 Å². The van der Waals surface area contributed by atoms with Crippen LogP contribution in [0.5, 0.6) is 0 Å². The Hall–Kier alpha value is -1.84. The standard InChI is InChI=1S/C17H23NO3/c1-2-3-12-18(13-8-5-4-6-9-13)16(19)14-10-7-11-15(14)17(20)21/h4-6,8-9,14-15H,2-3,7,10-12H2,1H3,(H,20,21)/t14-,15+/m1/s1. The Morgan fingerprint density at radius 2 is 1.86 bits per heavy atom. The maximum atomic E-state index is 12.8. The molecule has 0 radical (unpaired) electrons. The molecule has 1 aromatic carbocycles. The fraction of sp³-hybridized carbons (Fsp3) is 0.529. The van der Waals surface area contributed by atoms with E-state index in [4.69, 9.17) is 0 Å². The normalized spacial score (nSPS) is 21.2. The average Bonchev–Trinajstić information content (AvgIpc) is 2.98. The molecule has 2 rings (SSSR count). The summed E-state index contributed by atoms with van der Waals surface area (Å²) in [4.78, 5) is 25.9. The summed E-state index contributed by atoms with van der Waals surface area (Å²) in [6, 6.07) is 9.56. The minimum atomic E-state index is -0.839. The van der Waals surface area contributed by atoms with Gasteiger partial charge in [-0.1, -0.05) is 38.0 Å². The van der Waals surface area contributed by atoms with E-state index in [1.807, 2.05) is 30.3 Å². The Kier molecular flexibility index (Phi) is 5.37. The summed E-state index contributed by atoms with van der Waals surface area (Å²) in [5.74, 6) is -1.76. The van der Waals surface area contributed by atoms with Crippen LogP contribution >= 0.6 is 0 Å². The molecule has 1 aliphatic carbocycles. The number of carbonyl (C=O) groups excluding carboxylic acids is 1. The first-order valence-corrected chi connectivity index (χ1v) is 7.74. The second-order valence-electron chi connectivity index (χ2n) is 5.66. The van der Waals surface area contributed by atoms with Crippen LogP contribution in [0.1, 0.15) is 39.0 Å². The van der Waals surface area contributed by atoms with Crippen LogP contribution < -0.4 is 4.90 Å². The maximum absolute atomic E-state index is 12.8. The molecule has 0 saturated heterocycles. The number of amides is 1. The van der Waals surface area contributed by atoms with Crippen LogP contribution in [0.2, 0.25) is 0 Å². The van der Waals surface area contributed by atoms with E-state index in [2.05, 4.69) is 6.92 Å². The molecule has 114 valence electrons. The number of carbonyl (C=O) groups is 2. The molecule has 1 fully saturated rings. The predicted octanol–water partition coefficient (Wildman–Crippen LogP) is 3.32. The summed E-state index contributed by atoms with van der Waals surface area (Å²) in [5.41, 5.74) is 0.868. The summed E-state index contributed by atoms with van der Waals surface area (Å²) in [7, 11) is 0. The highest BCUT2D eigenvalue weighted by Crippen LogP contribution is 2.34. The Morgan fingerprint density at radius 1 is 1.19 bits per heavy atom. The Labute approximate surface area is 125 Å². The van der Waals surface area contributed by atoms with Crippen molar-refractivity contribution in [1.82, 2.24) is 0 Å². The van der Waals surface area contributed by atoms with Crippen LogP contribution in [0.25, 0.3) is 0 Å². The third-order valence-electron chi connectivity index (χ3n) is 4.22. The van der Waals surface area contributed by atoms with Crippen molar-refractivity contribution in [3.8, 4) is 0 Å². The SMILES string of the molecule is CCCCN(C(=O)[C@@H]1CCC[C@@H]1C(=O)O)c1ccccc1. The van der Waals surface area contributed by atoms with E-state index < -0.39 is 11.9 Å². The zero-order chi connectivity index (χ0) is 15.2. The molecule has 0 spiro atoms. The number of aliphatic carboxylic acids is 1. The first-order valence-electron chi connectivity index (χ1n) is 7.74. The molecule has 0 aliphatic heterocycles. The lowest BCUT2D eigenvalue weighted by atomic mass is 9.94. The number of benzene rings is 1. The first-order chi connectivity index (χ1) is 10.1. The molecule has 0 aromatic heterocycles. The van der Waals surface area contributed by atoms with E-state index in [9.17, 15) is 14.7 Å². The van der Waals surface area contributed by atoms with Crippen molar-refractivity contribution in [2.24, 2.45) is 11.8 Å². The van der Waals surface area contributed by atoms with Crippen LogP contribution in [0.3, 0.4) is 0 Å². The van der Waals surface area contributed by atoms with Crippen molar-refractivity contribution >= 4 is 17.6 Å². The number of para-hydroxylation sites is 1. The van der Waals surface area contributed by atoms with Crippen molar-refractivity contribution in [2.45, 2.75) is 39.0 Å². The van der Waals surface area contributed by atoms with Crippen molar-refractivity contribution in [1.29, 1.82) is 0 Å². The van der Waals surface area contributed by atoms with E-state index in [1.54, 1.807) is 4.90 Å². The largest absolute Gasteiger partial charge is 0.481 e. The topological polar surface area (TPSA) is 57.6 Å². The van der Waals surface area contributed by atoms with Gasteiger partial charge in [0.1, 0.15) is 0 Å². The number of rotatable bonds is 6. The van der Waals surface area contributed by atoms with E-state index in [0.717, 1.165) is 24.9 Å². The molecular weight excluding hydrogens is 266 g/mol. The molecule has 1 aliphatic rings. The minimum Gasteiger partial charge on any atom is -0.481 e. The summed E-state index contributed by atoms with van der Waals surface area (Å²) in [6.45, 7) is 2.74. The lowest BCUT2D eigenvalue weighted by molar-refractivity contribution is -0.145. The second kappa shape index (κ2) is 7.25. The fourth-order valence-electron chi connectivity index (χ4n) is 3.04. The monoisotopic (exact) mass is 289 g/mol. The third-order valence-corrected chi connectivity index (χ3v) is 4.22. The number of hydrogen-bond donors (Lipinski definition) is 1. The van der Waals surface area contributed by atoms with E-state index in [-0.39, 0.29) is 11.8 Å². The summed E-state index contributed by atoms with van der Waals surface area (Å²) < 4.78 is 0. The highest BCUT2D eigenvalue weighted by atomic mass is 16.4. The number of carboxylic acid groups (broad SMARTS) is 1. The van der Waals surface area contributed by atoms with Crippen LogP contribution in [-0.2, 0) is 9.59 Å². The Balaban J connectivity index is 2.20. The number of unbranched alkanes of at least 4 members (excludes halogenated alkanes) is 1. The Morgan fingerprint density at radius 3 is 2.48 bits per heavy atom. The molecule has 0 bridgehead atoms. The van der Waals surface area contributed by atoms with Gasteiger partial charge in [0.25, 0.3) is 0 Å². The van der Waals surface area contributed by atoms with Gasteiger partial charge in [-0.25, -0.2) is 0 Å². The lowest BCUT2D eigenvalue weighted by Gasteiger charge is -2.27. The van der Waals surface area contributed by atoms with Gasteiger partial charge in [-0.2, -0.15) is 0 Å². The molecule has 4 heteroatoms. The lowest BCUT2D eigenvalue weighted by Crippen LogP contribution is -2.40. The minimum absolute atomic E-state index is 0.0282. The fourth-order valence-corrected chi connectivity index (χ4v) is 3.04. The molecule has 0 heterocycles. The van der Waals surface area contributed by atoms with E-state index in [0.29, 0.717) is 19.4 Å². The smallest absolute Gasteiger partial charge is 0.307 e. The van der Waals surface area contributed by atoms with Crippen LogP contribution in [0.15, 0.2) is 30.3 Å². The molecule has 1 aromatic rings. The molecule has 1 N–H and O–H groups in total.